The SMILES string of the molecule is CNC(=O)NC1CC(c2nc(-c3cccc(OCc4ccccc4)c3)c3c(N)ncnn23)C1. The van der Waals surface area contributed by atoms with Crippen molar-refractivity contribution in [3.05, 3.63) is 72.3 Å². The van der Waals surface area contributed by atoms with Crippen molar-refractivity contribution in [3.8, 4) is 17.0 Å². The molecule has 4 N–H and O–H groups in total. The van der Waals surface area contributed by atoms with Gasteiger partial charge < -0.3 is 21.1 Å². The first kappa shape index (κ1) is 20.7. The molecule has 9 heteroatoms. The Morgan fingerprint density at radius 1 is 1.18 bits per heavy atom. The summed E-state index contributed by atoms with van der Waals surface area (Å²) in [7, 11) is 1.61. The summed E-state index contributed by atoms with van der Waals surface area (Å²) < 4.78 is 7.78. The highest BCUT2D eigenvalue weighted by molar-refractivity contribution is 5.85. The lowest BCUT2D eigenvalue weighted by molar-refractivity contribution is 0.222. The number of hydrogen-bond donors (Lipinski definition) is 3. The van der Waals surface area contributed by atoms with Crippen LogP contribution in [0.1, 0.15) is 30.1 Å². The predicted octanol–water partition coefficient (Wildman–Crippen LogP) is 3.13. The minimum absolute atomic E-state index is 0.111. The number of benzene rings is 2. The van der Waals surface area contributed by atoms with Gasteiger partial charge in [0.2, 0.25) is 0 Å². The molecule has 0 bridgehead atoms. The molecule has 0 atom stereocenters. The number of urea groups is 1. The number of rotatable bonds is 6. The maximum Gasteiger partial charge on any atom is 0.314 e. The van der Waals surface area contributed by atoms with Crippen LogP contribution in [-0.2, 0) is 6.61 Å². The van der Waals surface area contributed by atoms with Gasteiger partial charge in [-0.1, -0.05) is 42.5 Å². The van der Waals surface area contributed by atoms with Crippen molar-refractivity contribution in [3.63, 3.8) is 0 Å². The Bertz CT molecular complexity index is 1280. The molecule has 168 valence electrons. The normalized spacial score (nSPS) is 17.4. The third-order valence-corrected chi connectivity index (χ3v) is 5.91. The molecule has 2 amide bonds. The highest BCUT2D eigenvalue weighted by atomic mass is 16.5. The molecule has 4 aromatic rings. The minimum Gasteiger partial charge on any atom is -0.489 e. The molecular weight excluding hydrogens is 418 g/mol. The van der Waals surface area contributed by atoms with E-state index in [9.17, 15) is 4.79 Å². The number of aromatic nitrogens is 4. The van der Waals surface area contributed by atoms with Crippen LogP contribution in [0.5, 0.6) is 5.75 Å². The highest BCUT2D eigenvalue weighted by Crippen LogP contribution is 2.39. The summed E-state index contributed by atoms with van der Waals surface area (Å²) in [6.07, 6.45) is 3.02. The topological polar surface area (TPSA) is 119 Å². The fraction of sp³-hybridized carbons (Fsp3) is 0.250. The third-order valence-electron chi connectivity index (χ3n) is 5.91. The molecule has 1 fully saturated rings. The lowest BCUT2D eigenvalue weighted by Gasteiger charge is -2.34. The van der Waals surface area contributed by atoms with Crippen LogP contribution in [-0.4, -0.2) is 38.7 Å². The second-order valence-electron chi connectivity index (χ2n) is 8.12. The number of nitrogens with zero attached hydrogens (tertiary/aromatic N) is 4. The zero-order valence-corrected chi connectivity index (χ0v) is 18.2. The number of nitrogen functional groups attached to an aromatic ring is 1. The van der Waals surface area contributed by atoms with Crippen LogP contribution >= 0.6 is 0 Å². The van der Waals surface area contributed by atoms with Crippen molar-refractivity contribution in [2.24, 2.45) is 0 Å². The standard InChI is InChI=1S/C24H25N7O2/c1-26-24(32)29-18-10-17(11-18)23-30-20(21-22(25)27-14-28-31(21)23)16-8-5-9-19(12-16)33-13-15-6-3-2-4-7-15/h2-9,12,14,17-18H,10-11,13H2,1H3,(H2,25,27,28)(H2,26,29,32). The van der Waals surface area contributed by atoms with E-state index >= 15 is 0 Å². The van der Waals surface area contributed by atoms with Crippen LogP contribution in [0.3, 0.4) is 0 Å². The van der Waals surface area contributed by atoms with Gasteiger partial charge in [-0.15, -0.1) is 0 Å². The van der Waals surface area contributed by atoms with Gasteiger partial charge in [0.15, 0.2) is 5.82 Å². The number of carbonyl (C=O) groups excluding carboxylic acids is 1. The number of carbonyl (C=O) groups is 1. The van der Waals surface area contributed by atoms with Gasteiger partial charge in [-0.05, 0) is 30.5 Å². The Labute approximate surface area is 191 Å². The first-order valence-electron chi connectivity index (χ1n) is 10.9. The molecule has 33 heavy (non-hydrogen) atoms. The smallest absolute Gasteiger partial charge is 0.314 e. The van der Waals surface area contributed by atoms with Gasteiger partial charge in [0.25, 0.3) is 0 Å². The van der Waals surface area contributed by atoms with Crippen LogP contribution in [0.25, 0.3) is 16.8 Å². The predicted molar refractivity (Wildman–Crippen MR) is 125 cm³/mol. The summed E-state index contributed by atoms with van der Waals surface area (Å²) in [6.45, 7) is 0.479. The van der Waals surface area contributed by atoms with Gasteiger partial charge in [0.05, 0.1) is 0 Å². The van der Waals surface area contributed by atoms with Gasteiger partial charge in [-0.25, -0.2) is 19.3 Å². The maximum atomic E-state index is 11.6. The average Bonchev–Trinajstić information content (AvgIpc) is 3.21. The Hall–Kier alpha value is -4.14. The van der Waals surface area contributed by atoms with Crippen molar-refractivity contribution >= 4 is 17.4 Å². The monoisotopic (exact) mass is 443 g/mol. The number of fused-ring (bicyclic) bond motifs is 1. The average molecular weight is 444 g/mol. The molecule has 0 spiro atoms. The van der Waals surface area contributed by atoms with Gasteiger partial charge in [0.1, 0.15) is 35.7 Å². The molecule has 5 rings (SSSR count). The Morgan fingerprint density at radius 3 is 2.79 bits per heavy atom. The van der Waals surface area contributed by atoms with Crippen molar-refractivity contribution in [2.75, 3.05) is 12.8 Å². The number of nitrogens with two attached hydrogens (primary N) is 1. The first-order valence-corrected chi connectivity index (χ1v) is 10.9. The van der Waals surface area contributed by atoms with E-state index in [0.29, 0.717) is 17.9 Å². The molecule has 0 unspecified atom stereocenters. The second kappa shape index (κ2) is 8.78. The molecule has 1 aliphatic rings. The van der Waals surface area contributed by atoms with Gasteiger partial charge in [-0.3, -0.25) is 0 Å². The van der Waals surface area contributed by atoms with Gasteiger partial charge in [-0.2, -0.15) is 5.10 Å². The molecule has 1 saturated carbocycles. The molecule has 2 aromatic heterocycles. The summed E-state index contributed by atoms with van der Waals surface area (Å²) in [5, 5.41) is 9.95. The van der Waals surface area contributed by atoms with E-state index < -0.39 is 0 Å². The summed E-state index contributed by atoms with van der Waals surface area (Å²) in [6, 6.07) is 17.8. The Kier molecular flexibility index (Phi) is 5.52. The molecule has 0 aliphatic heterocycles. The van der Waals surface area contributed by atoms with Gasteiger partial charge >= 0.3 is 6.03 Å². The van der Waals surface area contributed by atoms with Crippen molar-refractivity contribution in [2.45, 2.75) is 31.4 Å². The van der Waals surface area contributed by atoms with Crippen molar-refractivity contribution in [1.29, 1.82) is 0 Å². The number of anilines is 1. The van der Waals surface area contributed by atoms with E-state index in [4.69, 9.17) is 15.5 Å². The van der Waals surface area contributed by atoms with E-state index in [1.807, 2.05) is 54.6 Å². The summed E-state index contributed by atoms with van der Waals surface area (Å²) in [5.41, 5.74) is 9.61. The summed E-state index contributed by atoms with van der Waals surface area (Å²) >= 11 is 0. The van der Waals surface area contributed by atoms with Crippen LogP contribution in [0, 0.1) is 0 Å². The lowest BCUT2D eigenvalue weighted by Crippen LogP contribution is -2.47. The molecule has 1 aliphatic carbocycles. The lowest BCUT2D eigenvalue weighted by atomic mass is 9.80. The largest absolute Gasteiger partial charge is 0.489 e. The number of nitrogens with one attached hydrogen (secondary N) is 2. The van der Waals surface area contributed by atoms with Crippen LogP contribution < -0.4 is 21.1 Å². The number of amides is 2. The van der Waals surface area contributed by atoms with E-state index in [1.165, 1.54) is 6.33 Å². The zero-order chi connectivity index (χ0) is 22.8. The Morgan fingerprint density at radius 2 is 2.00 bits per heavy atom. The number of imidazole rings is 1. The Balaban J connectivity index is 1.42. The van der Waals surface area contributed by atoms with Gasteiger partial charge in [0, 0.05) is 24.6 Å². The zero-order valence-electron chi connectivity index (χ0n) is 18.2. The quantitative estimate of drug-likeness (QED) is 0.421. The second-order valence-corrected chi connectivity index (χ2v) is 8.12. The van der Waals surface area contributed by atoms with Crippen LogP contribution in [0.15, 0.2) is 60.9 Å². The fourth-order valence-corrected chi connectivity index (χ4v) is 4.12. The maximum absolute atomic E-state index is 11.6. The molecular formula is C24H25N7O2. The van der Waals surface area contributed by atoms with Crippen molar-refractivity contribution < 1.29 is 9.53 Å². The molecule has 2 heterocycles. The molecule has 0 saturated heterocycles. The van der Waals surface area contributed by atoms with E-state index in [-0.39, 0.29) is 18.0 Å². The number of ether oxygens (including phenoxy) is 1. The first-order chi connectivity index (χ1) is 16.1. The summed E-state index contributed by atoms with van der Waals surface area (Å²) in [4.78, 5) is 20.7. The molecule has 9 nitrogen and oxygen atoms in total. The third kappa shape index (κ3) is 4.17. The number of hydrogen-bond acceptors (Lipinski definition) is 6. The highest BCUT2D eigenvalue weighted by Gasteiger charge is 2.35. The van der Waals surface area contributed by atoms with Crippen molar-refractivity contribution in [1.82, 2.24) is 30.2 Å². The van der Waals surface area contributed by atoms with E-state index in [1.54, 1.807) is 11.6 Å². The molecule has 2 aromatic carbocycles. The van der Waals surface area contributed by atoms with E-state index in [0.717, 1.165) is 41.2 Å². The van der Waals surface area contributed by atoms with E-state index in [2.05, 4.69) is 20.7 Å². The van der Waals surface area contributed by atoms with Crippen LogP contribution in [0.2, 0.25) is 0 Å². The minimum atomic E-state index is -0.175. The fourth-order valence-electron chi connectivity index (χ4n) is 4.12. The molecule has 0 radical (unpaired) electrons. The summed E-state index contributed by atoms with van der Waals surface area (Å²) in [5.74, 6) is 2.10. The van der Waals surface area contributed by atoms with Crippen LogP contribution in [0.4, 0.5) is 10.6 Å².